The molecule has 1 atom stereocenters. The molecule has 0 radical (unpaired) electrons. The summed E-state index contributed by atoms with van der Waals surface area (Å²) in [6.07, 6.45) is 3.18. The Balaban J connectivity index is 1.19. The van der Waals surface area contributed by atoms with Crippen LogP contribution in [0.2, 0.25) is 0 Å². The molecular formula is C35H42N2O6S. The molecule has 3 aromatic carbocycles. The highest BCUT2D eigenvalue weighted by molar-refractivity contribution is 7.92. The predicted octanol–water partition coefficient (Wildman–Crippen LogP) is 6.34. The third-order valence-corrected chi connectivity index (χ3v) is 11.5. The van der Waals surface area contributed by atoms with Crippen LogP contribution in [0.25, 0.3) is 0 Å². The Morgan fingerprint density at radius 1 is 0.864 bits per heavy atom. The number of Topliss-reactive ketones (excluding diaryl/α,β-unsaturated/α-hetero) is 1. The molecule has 44 heavy (non-hydrogen) atoms. The fourth-order valence-corrected chi connectivity index (χ4v) is 8.46. The molecule has 1 N–H and O–H groups in total. The number of hydrogen-bond acceptors (Lipinski definition) is 6. The minimum Gasteiger partial charge on any atom is -0.493 e. The fourth-order valence-electron chi connectivity index (χ4n) is 6.80. The first-order chi connectivity index (χ1) is 20.9. The van der Waals surface area contributed by atoms with Crippen LogP contribution in [0, 0.1) is 46.5 Å². The number of nitrogens with one attached hydrogen (secondary N) is 1. The van der Waals surface area contributed by atoms with E-state index in [4.69, 9.17) is 9.47 Å². The number of anilines is 1. The summed E-state index contributed by atoms with van der Waals surface area (Å²) < 4.78 is 40.3. The maximum Gasteiger partial charge on any atom is 0.262 e. The molecule has 1 aliphatic carbocycles. The number of amides is 1. The zero-order valence-electron chi connectivity index (χ0n) is 26.7. The predicted molar refractivity (Wildman–Crippen MR) is 172 cm³/mol. The summed E-state index contributed by atoms with van der Waals surface area (Å²) in [4.78, 5) is 28.6. The van der Waals surface area contributed by atoms with Crippen LogP contribution in [0.3, 0.4) is 0 Å². The molecule has 9 heteroatoms. The third kappa shape index (κ3) is 5.82. The van der Waals surface area contributed by atoms with E-state index < -0.39 is 10.0 Å². The molecule has 1 fully saturated rings. The van der Waals surface area contributed by atoms with Gasteiger partial charge in [0.25, 0.3) is 15.9 Å². The van der Waals surface area contributed by atoms with Crippen molar-refractivity contribution >= 4 is 27.4 Å². The van der Waals surface area contributed by atoms with Crippen molar-refractivity contribution in [2.75, 3.05) is 32.0 Å². The van der Waals surface area contributed by atoms with Gasteiger partial charge in [-0.3, -0.25) is 14.3 Å². The third-order valence-electron chi connectivity index (χ3n) is 9.82. The number of methoxy groups -OCH3 is 2. The molecule has 8 nitrogen and oxygen atoms in total. The second kappa shape index (κ2) is 12.3. The number of fused-ring (bicyclic) bond motifs is 1. The van der Waals surface area contributed by atoms with E-state index in [0.717, 1.165) is 58.2 Å². The van der Waals surface area contributed by atoms with Crippen molar-refractivity contribution in [2.45, 2.75) is 65.2 Å². The van der Waals surface area contributed by atoms with E-state index in [1.807, 2.05) is 45.6 Å². The molecule has 0 saturated carbocycles. The standard InChI is InChI=1S/C35H42N2O6S/c1-20-21(2)23(4)34(24(5)22(20)3)44(40,41)36-29-10-8-26(9-11-29)35(39)37-14-12-25(13-15-37)16-28-17-27-18-31(42-6)32(43-7)19-30(27)33(28)38/h8-11,18-19,25,28,36H,12-17H2,1-7H3. The van der Waals surface area contributed by atoms with Gasteiger partial charge in [-0.15, -0.1) is 0 Å². The average Bonchev–Trinajstić information content (AvgIpc) is 3.31. The lowest BCUT2D eigenvalue weighted by atomic mass is 9.85. The Bertz CT molecular complexity index is 1690. The fraction of sp³-hybridized carbons (Fsp3) is 0.429. The van der Waals surface area contributed by atoms with E-state index in [2.05, 4.69) is 4.72 Å². The summed E-state index contributed by atoms with van der Waals surface area (Å²) in [5.74, 6) is 1.60. The zero-order chi connectivity index (χ0) is 31.9. The van der Waals surface area contributed by atoms with E-state index in [1.165, 1.54) is 0 Å². The van der Waals surface area contributed by atoms with Crippen LogP contribution < -0.4 is 14.2 Å². The van der Waals surface area contributed by atoms with Crippen molar-refractivity contribution in [3.63, 3.8) is 0 Å². The second-order valence-corrected chi connectivity index (χ2v) is 13.9. The number of piperidine rings is 1. The summed E-state index contributed by atoms with van der Waals surface area (Å²) in [7, 11) is -0.650. The monoisotopic (exact) mass is 618 g/mol. The zero-order valence-corrected chi connectivity index (χ0v) is 27.5. The van der Waals surface area contributed by atoms with Crippen molar-refractivity contribution in [1.82, 2.24) is 4.90 Å². The van der Waals surface area contributed by atoms with Crippen LogP contribution in [0.5, 0.6) is 11.5 Å². The topological polar surface area (TPSA) is 102 Å². The Hall–Kier alpha value is -3.85. The molecule has 0 aromatic heterocycles. The lowest BCUT2D eigenvalue weighted by Crippen LogP contribution is -2.39. The molecule has 1 amide bonds. The van der Waals surface area contributed by atoms with Gasteiger partial charge in [0.05, 0.1) is 19.1 Å². The first-order valence-corrected chi connectivity index (χ1v) is 16.6. The summed E-state index contributed by atoms with van der Waals surface area (Å²) in [5.41, 5.74) is 7.19. The summed E-state index contributed by atoms with van der Waals surface area (Å²) in [6.45, 7) is 10.8. The van der Waals surface area contributed by atoms with Crippen LogP contribution in [0.1, 0.15) is 73.4 Å². The summed E-state index contributed by atoms with van der Waals surface area (Å²) in [6, 6.07) is 10.3. The Morgan fingerprint density at radius 3 is 1.98 bits per heavy atom. The molecule has 0 bridgehead atoms. The molecule has 5 rings (SSSR count). The van der Waals surface area contributed by atoms with Gasteiger partial charge in [-0.1, -0.05) is 0 Å². The Labute approximate surface area is 260 Å². The molecule has 1 heterocycles. The molecule has 1 unspecified atom stereocenters. The number of carbonyl (C=O) groups is 2. The number of likely N-dealkylation sites (tertiary alicyclic amines) is 1. The largest absolute Gasteiger partial charge is 0.493 e. The number of nitrogens with zero attached hydrogens (tertiary/aromatic N) is 1. The van der Waals surface area contributed by atoms with Crippen LogP contribution >= 0.6 is 0 Å². The maximum atomic E-state index is 13.4. The number of carbonyl (C=O) groups excluding carboxylic acids is 2. The minimum atomic E-state index is -3.82. The quantitative estimate of drug-likeness (QED) is 0.316. The van der Waals surface area contributed by atoms with Gasteiger partial charge in [-0.05, 0) is 136 Å². The molecule has 1 saturated heterocycles. The highest BCUT2D eigenvalue weighted by Crippen LogP contribution is 2.40. The molecule has 0 spiro atoms. The van der Waals surface area contributed by atoms with E-state index in [0.29, 0.717) is 53.1 Å². The number of ether oxygens (including phenoxy) is 2. The van der Waals surface area contributed by atoms with Crippen molar-refractivity contribution in [3.8, 4) is 11.5 Å². The van der Waals surface area contributed by atoms with E-state index in [1.54, 1.807) is 44.6 Å². The Kier molecular flexibility index (Phi) is 8.80. The van der Waals surface area contributed by atoms with Gasteiger partial charge in [0, 0.05) is 35.8 Å². The van der Waals surface area contributed by atoms with Crippen LogP contribution in [0.15, 0.2) is 41.3 Å². The van der Waals surface area contributed by atoms with Crippen molar-refractivity contribution in [2.24, 2.45) is 11.8 Å². The number of sulfonamides is 1. The van der Waals surface area contributed by atoms with Gasteiger partial charge in [-0.2, -0.15) is 0 Å². The Morgan fingerprint density at radius 2 is 1.41 bits per heavy atom. The lowest BCUT2D eigenvalue weighted by molar-refractivity contribution is 0.0669. The van der Waals surface area contributed by atoms with Crippen molar-refractivity contribution in [3.05, 3.63) is 80.9 Å². The molecule has 1 aliphatic heterocycles. The minimum absolute atomic E-state index is 0.0642. The first-order valence-electron chi connectivity index (χ1n) is 15.1. The van der Waals surface area contributed by atoms with Gasteiger partial charge in [0.15, 0.2) is 17.3 Å². The molecule has 2 aliphatic rings. The summed E-state index contributed by atoms with van der Waals surface area (Å²) in [5, 5.41) is 0. The lowest BCUT2D eigenvalue weighted by Gasteiger charge is -2.33. The van der Waals surface area contributed by atoms with Crippen LogP contribution in [-0.2, 0) is 16.4 Å². The van der Waals surface area contributed by atoms with Gasteiger partial charge in [-0.25, -0.2) is 8.42 Å². The number of rotatable bonds is 8. The molecule has 3 aromatic rings. The van der Waals surface area contributed by atoms with Gasteiger partial charge in [0.2, 0.25) is 0 Å². The first kappa shape index (κ1) is 31.6. The molecule has 234 valence electrons. The normalized spacial score (nSPS) is 17.0. The second-order valence-electron chi connectivity index (χ2n) is 12.2. The number of benzene rings is 3. The van der Waals surface area contributed by atoms with Gasteiger partial charge >= 0.3 is 0 Å². The van der Waals surface area contributed by atoms with E-state index in [-0.39, 0.29) is 17.6 Å². The van der Waals surface area contributed by atoms with Gasteiger partial charge < -0.3 is 14.4 Å². The van der Waals surface area contributed by atoms with E-state index >= 15 is 0 Å². The van der Waals surface area contributed by atoms with Crippen molar-refractivity contribution < 1.29 is 27.5 Å². The SMILES string of the molecule is COc1cc2c(cc1OC)C(=O)C(CC1CCN(C(=O)c3ccc(NS(=O)(=O)c4c(C)c(C)c(C)c(C)c4C)cc3)CC1)C2. The number of ketones is 1. The van der Waals surface area contributed by atoms with Gasteiger partial charge in [0.1, 0.15) is 0 Å². The highest BCUT2D eigenvalue weighted by atomic mass is 32.2. The van der Waals surface area contributed by atoms with E-state index in [9.17, 15) is 18.0 Å². The average molecular weight is 619 g/mol. The summed E-state index contributed by atoms with van der Waals surface area (Å²) >= 11 is 0. The molecular weight excluding hydrogens is 576 g/mol. The highest BCUT2D eigenvalue weighted by Gasteiger charge is 2.35. The van der Waals surface area contributed by atoms with Crippen LogP contribution in [0.4, 0.5) is 5.69 Å². The smallest absolute Gasteiger partial charge is 0.262 e. The van der Waals surface area contributed by atoms with Crippen LogP contribution in [-0.4, -0.2) is 52.3 Å². The number of hydrogen-bond donors (Lipinski definition) is 1. The van der Waals surface area contributed by atoms with Crippen molar-refractivity contribution in [1.29, 1.82) is 0 Å². The maximum absolute atomic E-state index is 13.4.